The van der Waals surface area contributed by atoms with Crippen LogP contribution in [-0.2, 0) is 0 Å². The van der Waals surface area contributed by atoms with Crippen molar-refractivity contribution in [2.75, 3.05) is 5.32 Å². The molecule has 0 aliphatic rings. The Kier molecular flexibility index (Phi) is 3.98. The van der Waals surface area contributed by atoms with E-state index in [2.05, 4.69) is 5.32 Å². The van der Waals surface area contributed by atoms with Gasteiger partial charge in [0.25, 0.3) is 5.91 Å². The molecule has 2 aromatic carbocycles. The number of aromatic carboxylic acids is 1. The van der Waals surface area contributed by atoms with E-state index in [4.69, 9.17) is 5.11 Å². The van der Waals surface area contributed by atoms with Crippen molar-refractivity contribution in [1.82, 2.24) is 0 Å². The second kappa shape index (κ2) is 5.70. The molecule has 21 heavy (non-hydrogen) atoms. The molecule has 0 atom stereocenters. The topological polar surface area (TPSA) is 66.4 Å². The fraction of sp³-hybridized carbons (Fsp3) is 0.0667. The SMILES string of the molecule is Cc1ccc(F)c(C(=O)Nc2ccc(F)cc2C(=O)O)c1. The summed E-state index contributed by atoms with van der Waals surface area (Å²) in [5.74, 6) is -3.66. The molecule has 0 radical (unpaired) electrons. The fourth-order valence-corrected chi connectivity index (χ4v) is 1.81. The van der Waals surface area contributed by atoms with Gasteiger partial charge in [0.2, 0.25) is 0 Å². The molecule has 0 heterocycles. The maximum absolute atomic E-state index is 13.6. The highest BCUT2D eigenvalue weighted by atomic mass is 19.1. The minimum absolute atomic E-state index is 0.102. The molecule has 0 aliphatic carbocycles. The largest absolute Gasteiger partial charge is 0.478 e. The lowest BCUT2D eigenvalue weighted by Crippen LogP contribution is -2.16. The van der Waals surface area contributed by atoms with Gasteiger partial charge >= 0.3 is 5.97 Å². The van der Waals surface area contributed by atoms with Crippen molar-refractivity contribution < 1.29 is 23.5 Å². The van der Waals surface area contributed by atoms with E-state index in [-0.39, 0.29) is 11.3 Å². The van der Waals surface area contributed by atoms with Crippen molar-refractivity contribution in [3.63, 3.8) is 0 Å². The first-order chi connectivity index (χ1) is 9.88. The zero-order valence-corrected chi connectivity index (χ0v) is 11.0. The van der Waals surface area contributed by atoms with Crippen molar-refractivity contribution in [2.24, 2.45) is 0 Å². The number of nitrogens with one attached hydrogen (secondary N) is 1. The molecule has 0 spiro atoms. The van der Waals surface area contributed by atoms with Gasteiger partial charge in [-0.2, -0.15) is 0 Å². The molecule has 0 saturated carbocycles. The minimum atomic E-state index is -1.39. The predicted molar refractivity (Wildman–Crippen MR) is 72.4 cm³/mol. The van der Waals surface area contributed by atoms with Gasteiger partial charge in [-0.25, -0.2) is 13.6 Å². The van der Waals surface area contributed by atoms with E-state index >= 15 is 0 Å². The molecule has 0 aromatic heterocycles. The average Bonchev–Trinajstić information content (AvgIpc) is 2.43. The Balaban J connectivity index is 2.36. The number of halogens is 2. The van der Waals surface area contributed by atoms with Crippen LogP contribution in [0.2, 0.25) is 0 Å². The number of anilines is 1. The van der Waals surface area contributed by atoms with Crippen molar-refractivity contribution in [3.8, 4) is 0 Å². The van der Waals surface area contributed by atoms with Gasteiger partial charge in [-0.3, -0.25) is 4.79 Å². The number of hydrogen-bond acceptors (Lipinski definition) is 2. The predicted octanol–water partition coefficient (Wildman–Crippen LogP) is 3.22. The number of rotatable bonds is 3. The highest BCUT2D eigenvalue weighted by Crippen LogP contribution is 2.19. The summed E-state index contributed by atoms with van der Waals surface area (Å²) in [6.07, 6.45) is 0. The van der Waals surface area contributed by atoms with Crippen LogP contribution in [0.5, 0.6) is 0 Å². The van der Waals surface area contributed by atoms with Gasteiger partial charge in [-0.05, 0) is 37.3 Å². The molecule has 0 unspecified atom stereocenters. The quantitative estimate of drug-likeness (QED) is 0.912. The number of carboxylic acid groups (broad SMARTS) is 1. The van der Waals surface area contributed by atoms with Gasteiger partial charge < -0.3 is 10.4 Å². The molecular weight excluding hydrogens is 280 g/mol. The first-order valence-electron chi connectivity index (χ1n) is 5.99. The normalized spacial score (nSPS) is 10.2. The van der Waals surface area contributed by atoms with E-state index in [9.17, 15) is 18.4 Å². The second-order valence-corrected chi connectivity index (χ2v) is 4.43. The highest BCUT2D eigenvalue weighted by molar-refractivity contribution is 6.07. The Morgan fingerprint density at radius 3 is 2.43 bits per heavy atom. The molecule has 1 amide bonds. The molecule has 4 nitrogen and oxygen atoms in total. The highest BCUT2D eigenvalue weighted by Gasteiger charge is 2.17. The third-order valence-corrected chi connectivity index (χ3v) is 2.83. The fourth-order valence-electron chi connectivity index (χ4n) is 1.81. The lowest BCUT2D eigenvalue weighted by Gasteiger charge is -2.09. The molecule has 2 aromatic rings. The molecule has 0 saturated heterocycles. The number of amides is 1. The van der Waals surface area contributed by atoms with Crippen molar-refractivity contribution in [1.29, 1.82) is 0 Å². The van der Waals surface area contributed by atoms with Crippen LogP contribution in [0.1, 0.15) is 26.3 Å². The number of hydrogen-bond donors (Lipinski definition) is 2. The van der Waals surface area contributed by atoms with Crippen molar-refractivity contribution >= 4 is 17.6 Å². The van der Waals surface area contributed by atoms with Gasteiger partial charge in [-0.1, -0.05) is 11.6 Å². The second-order valence-electron chi connectivity index (χ2n) is 4.43. The smallest absolute Gasteiger partial charge is 0.337 e. The first kappa shape index (κ1) is 14.6. The van der Waals surface area contributed by atoms with Crippen LogP contribution in [0.3, 0.4) is 0 Å². The Morgan fingerprint density at radius 1 is 1.05 bits per heavy atom. The standard InChI is InChI=1S/C15H11F2NO3/c1-8-2-4-12(17)10(6-8)14(19)18-13-5-3-9(16)7-11(13)15(20)21/h2-7H,1H3,(H,18,19)(H,20,21). The van der Waals surface area contributed by atoms with Crippen LogP contribution < -0.4 is 5.32 Å². The van der Waals surface area contributed by atoms with Gasteiger partial charge in [0.05, 0.1) is 16.8 Å². The number of aryl methyl sites for hydroxylation is 1. The molecule has 108 valence electrons. The van der Waals surface area contributed by atoms with Crippen LogP contribution in [0.4, 0.5) is 14.5 Å². The maximum Gasteiger partial charge on any atom is 0.337 e. The Bertz CT molecular complexity index is 729. The third kappa shape index (κ3) is 3.22. The molecule has 0 aliphatic heterocycles. The first-order valence-corrected chi connectivity index (χ1v) is 5.99. The number of carboxylic acids is 1. The summed E-state index contributed by atoms with van der Waals surface area (Å²) < 4.78 is 26.7. The van der Waals surface area contributed by atoms with Crippen molar-refractivity contribution in [2.45, 2.75) is 6.92 Å². The maximum atomic E-state index is 13.6. The van der Waals surface area contributed by atoms with E-state index in [1.165, 1.54) is 12.1 Å². The number of benzene rings is 2. The zero-order chi connectivity index (χ0) is 15.6. The van der Waals surface area contributed by atoms with Gasteiger partial charge in [0.1, 0.15) is 11.6 Å². The summed E-state index contributed by atoms with van der Waals surface area (Å²) in [6, 6.07) is 6.90. The molecule has 2 N–H and O–H groups in total. The third-order valence-electron chi connectivity index (χ3n) is 2.83. The van der Waals surface area contributed by atoms with Crippen molar-refractivity contribution in [3.05, 3.63) is 64.7 Å². The molecule has 6 heteroatoms. The molecule has 0 fully saturated rings. The monoisotopic (exact) mass is 291 g/mol. The van der Waals surface area contributed by atoms with Gasteiger partial charge in [0, 0.05) is 0 Å². The zero-order valence-electron chi connectivity index (χ0n) is 11.0. The summed E-state index contributed by atoms with van der Waals surface area (Å²) in [7, 11) is 0. The Morgan fingerprint density at radius 2 is 1.76 bits per heavy atom. The molecule has 2 rings (SSSR count). The van der Waals surface area contributed by atoms with E-state index in [0.29, 0.717) is 5.56 Å². The molecule has 0 bridgehead atoms. The number of carbonyl (C=O) groups is 2. The summed E-state index contributed by atoms with van der Waals surface area (Å²) in [6.45, 7) is 1.69. The lowest BCUT2D eigenvalue weighted by molar-refractivity contribution is 0.0697. The summed E-state index contributed by atoms with van der Waals surface area (Å²) in [5, 5.41) is 11.3. The van der Waals surface area contributed by atoms with E-state index < -0.39 is 29.1 Å². The van der Waals surface area contributed by atoms with E-state index in [0.717, 1.165) is 24.3 Å². The van der Waals surface area contributed by atoms with Crippen LogP contribution in [0.15, 0.2) is 36.4 Å². The van der Waals surface area contributed by atoms with E-state index in [1.807, 2.05) is 0 Å². The lowest BCUT2D eigenvalue weighted by atomic mass is 10.1. The number of carbonyl (C=O) groups excluding carboxylic acids is 1. The van der Waals surface area contributed by atoms with E-state index in [1.54, 1.807) is 6.92 Å². The summed E-state index contributed by atoms with van der Waals surface area (Å²) in [4.78, 5) is 23.0. The minimum Gasteiger partial charge on any atom is -0.478 e. The van der Waals surface area contributed by atoms with Crippen LogP contribution in [-0.4, -0.2) is 17.0 Å². The summed E-state index contributed by atoms with van der Waals surface area (Å²) >= 11 is 0. The van der Waals surface area contributed by atoms with Gasteiger partial charge in [0.15, 0.2) is 0 Å². The van der Waals surface area contributed by atoms with Gasteiger partial charge in [-0.15, -0.1) is 0 Å². The Labute approximate surface area is 119 Å². The average molecular weight is 291 g/mol. The molecular formula is C15H11F2NO3. The Hall–Kier alpha value is -2.76. The summed E-state index contributed by atoms with van der Waals surface area (Å²) in [5.41, 5.74) is -0.0407. The van der Waals surface area contributed by atoms with Crippen LogP contribution in [0.25, 0.3) is 0 Å². The van der Waals surface area contributed by atoms with Crippen LogP contribution >= 0.6 is 0 Å². The van der Waals surface area contributed by atoms with Crippen LogP contribution in [0, 0.1) is 18.6 Å².